The molecular formula is C6H7F3O2. The van der Waals surface area contributed by atoms with Crippen molar-refractivity contribution in [2.45, 2.75) is 20.0 Å². The number of ketones is 2. The van der Waals surface area contributed by atoms with Gasteiger partial charge in [-0.25, -0.2) is 0 Å². The third-order valence-corrected chi connectivity index (χ3v) is 1.14. The van der Waals surface area contributed by atoms with Crippen LogP contribution in [0, 0.1) is 5.92 Å². The van der Waals surface area contributed by atoms with E-state index in [0.717, 1.165) is 13.8 Å². The van der Waals surface area contributed by atoms with E-state index in [1.165, 1.54) is 0 Å². The zero-order chi connectivity index (χ0) is 9.23. The van der Waals surface area contributed by atoms with Crippen LogP contribution in [0.4, 0.5) is 13.2 Å². The highest BCUT2D eigenvalue weighted by Crippen LogP contribution is 2.27. The molecule has 0 aliphatic heterocycles. The maximum atomic E-state index is 11.8. The van der Waals surface area contributed by atoms with E-state index in [0.29, 0.717) is 0 Å². The number of carbonyl (C=O) groups is 2. The summed E-state index contributed by atoms with van der Waals surface area (Å²) in [6.07, 6.45) is -4.74. The molecule has 0 aliphatic carbocycles. The summed E-state index contributed by atoms with van der Waals surface area (Å²) < 4.78 is 35.3. The Balaban J connectivity index is 4.63. The number of Topliss-reactive ketones (excluding diaryl/α,β-unsaturated/α-hetero) is 2. The topological polar surface area (TPSA) is 34.1 Å². The first-order valence-corrected chi connectivity index (χ1v) is 2.84. The summed E-state index contributed by atoms with van der Waals surface area (Å²) in [4.78, 5) is 20.6. The first-order valence-electron chi connectivity index (χ1n) is 2.84. The number of alkyl halides is 3. The van der Waals surface area contributed by atoms with Crippen molar-refractivity contribution in [2.75, 3.05) is 0 Å². The van der Waals surface area contributed by atoms with Crippen LogP contribution >= 0.6 is 0 Å². The van der Waals surface area contributed by atoms with Gasteiger partial charge in [-0.05, 0) is 13.8 Å². The van der Waals surface area contributed by atoms with Gasteiger partial charge in [-0.1, -0.05) is 0 Å². The summed E-state index contributed by atoms with van der Waals surface area (Å²) in [6, 6.07) is 0. The largest absolute Gasteiger partial charge is 0.405 e. The number of halogens is 3. The fourth-order valence-electron chi connectivity index (χ4n) is 0.747. The van der Waals surface area contributed by atoms with E-state index < -0.39 is 23.7 Å². The van der Waals surface area contributed by atoms with Crippen LogP contribution in [-0.4, -0.2) is 17.7 Å². The average molecular weight is 168 g/mol. The fourth-order valence-corrected chi connectivity index (χ4v) is 0.747. The third-order valence-electron chi connectivity index (χ3n) is 1.14. The monoisotopic (exact) mass is 168 g/mol. The van der Waals surface area contributed by atoms with Gasteiger partial charge in [0, 0.05) is 0 Å². The van der Waals surface area contributed by atoms with E-state index in [-0.39, 0.29) is 0 Å². The van der Waals surface area contributed by atoms with E-state index >= 15 is 0 Å². The molecule has 0 aliphatic rings. The molecule has 0 rings (SSSR count). The highest BCUT2D eigenvalue weighted by atomic mass is 19.4. The van der Waals surface area contributed by atoms with Crippen LogP contribution in [0.15, 0.2) is 0 Å². The lowest BCUT2D eigenvalue weighted by Gasteiger charge is -2.13. The predicted octanol–water partition coefficient (Wildman–Crippen LogP) is 1.34. The molecule has 0 aromatic heterocycles. The normalized spacial score (nSPS) is 11.8. The van der Waals surface area contributed by atoms with E-state index in [4.69, 9.17) is 0 Å². The summed E-state index contributed by atoms with van der Waals surface area (Å²) >= 11 is 0. The van der Waals surface area contributed by atoms with Crippen molar-refractivity contribution >= 4 is 11.6 Å². The number of hydrogen-bond acceptors (Lipinski definition) is 2. The SMILES string of the molecule is CC(=O)C(C(C)=O)C(F)(F)F. The second kappa shape index (κ2) is 3.02. The summed E-state index contributed by atoms with van der Waals surface area (Å²) in [5, 5.41) is 0. The number of carbonyl (C=O) groups excluding carboxylic acids is 2. The van der Waals surface area contributed by atoms with Crippen molar-refractivity contribution in [3.8, 4) is 0 Å². The number of rotatable bonds is 2. The molecule has 0 spiro atoms. The molecule has 2 nitrogen and oxygen atoms in total. The van der Waals surface area contributed by atoms with Crippen molar-refractivity contribution < 1.29 is 22.8 Å². The van der Waals surface area contributed by atoms with Crippen LogP contribution in [0.1, 0.15) is 13.8 Å². The Kier molecular flexibility index (Phi) is 2.78. The van der Waals surface area contributed by atoms with Crippen molar-refractivity contribution in [2.24, 2.45) is 5.92 Å². The fraction of sp³-hybridized carbons (Fsp3) is 0.667. The Morgan fingerprint density at radius 3 is 1.36 bits per heavy atom. The van der Waals surface area contributed by atoms with Gasteiger partial charge in [-0.3, -0.25) is 9.59 Å². The van der Waals surface area contributed by atoms with E-state index in [1.807, 2.05) is 0 Å². The maximum Gasteiger partial charge on any atom is 0.405 e. The molecule has 0 saturated heterocycles. The molecule has 0 fully saturated rings. The molecule has 0 N–H and O–H groups in total. The van der Waals surface area contributed by atoms with Gasteiger partial charge < -0.3 is 0 Å². The van der Waals surface area contributed by atoms with Crippen LogP contribution < -0.4 is 0 Å². The molecule has 0 aromatic rings. The lowest BCUT2D eigenvalue weighted by Crippen LogP contribution is -2.34. The molecule has 0 unspecified atom stereocenters. The smallest absolute Gasteiger partial charge is 0.299 e. The van der Waals surface area contributed by atoms with E-state index in [2.05, 4.69) is 0 Å². The Morgan fingerprint density at radius 1 is 1.09 bits per heavy atom. The summed E-state index contributed by atoms with van der Waals surface area (Å²) in [5.74, 6) is -4.77. The van der Waals surface area contributed by atoms with E-state index in [1.54, 1.807) is 0 Å². The molecule has 0 radical (unpaired) electrons. The van der Waals surface area contributed by atoms with Crippen LogP contribution in [-0.2, 0) is 9.59 Å². The highest BCUT2D eigenvalue weighted by Gasteiger charge is 2.45. The Labute approximate surface area is 61.4 Å². The van der Waals surface area contributed by atoms with Crippen LogP contribution in [0.2, 0.25) is 0 Å². The Bertz CT molecular complexity index is 169. The molecule has 11 heavy (non-hydrogen) atoms. The van der Waals surface area contributed by atoms with Gasteiger partial charge in [-0.15, -0.1) is 0 Å². The zero-order valence-electron chi connectivity index (χ0n) is 6.03. The Morgan fingerprint density at radius 2 is 1.36 bits per heavy atom. The van der Waals surface area contributed by atoms with Crippen LogP contribution in [0.25, 0.3) is 0 Å². The molecule has 5 heteroatoms. The molecule has 0 bridgehead atoms. The van der Waals surface area contributed by atoms with Crippen LogP contribution in [0.5, 0.6) is 0 Å². The second-order valence-corrected chi connectivity index (χ2v) is 2.20. The predicted molar refractivity (Wildman–Crippen MR) is 30.9 cm³/mol. The van der Waals surface area contributed by atoms with Crippen molar-refractivity contribution in [3.05, 3.63) is 0 Å². The average Bonchev–Trinajstić information content (AvgIpc) is 1.54. The lowest BCUT2D eigenvalue weighted by molar-refractivity contribution is -0.182. The molecule has 0 saturated carbocycles. The van der Waals surface area contributed by atoms with Gasteiger partial charge in [0.2, 0.25) is 0 Å². The number of hydrogen-bond donors (Lipinski definition) is 0. The lowest BCUT2D eigenvalue weighted by atomic mass is 10.0. The van der Waals surface area contributed by atoms with Gasteiger partial charge in [0.05, 0.1) is 0 Å². The molecule has 0 aromatic carbocycles. The minimum atomic E-state index is -4.74. The molecule has 64 valence electrons. The van der Waals surface area contributed by atoms with Gasteiger partial charge in [0.15, 0.2) is 5.92 Å². The van der Waals surface area contributed by atoms with Gasteiger partial charge >= 0.3 is 6.18 Å². The summed E-state index contributed by atoms with van der Waals surface area (Å²) in [7, 11) is 0. The quantitative estimate of drug-likeness (QED) is 0.583. The molecule has 0 amide bonds. The third kappa shape index (κ3) is 2.69. The first-order chi connectivity index (χ1) is 4.76. The van der Waals surface area contributed by atoms with Crippen LogP contribution in [0.3, 0.4) is 0 Å². The van der Waals surface area contributed by atoms with Gasteiger partial charge in [-0.2, -0.15) is 13.2 Å². The highest BCUT2D eigenvalue weighted by molar-refractivity contribution is 6.01. The zero-order valence-corrected chi connectivity index (χ0v) is 6.03. The minimum absolute atomic E-state index is 0.750. The van der Waals surface area contributed by atoms with E-state index in [9.17, 15) is 22.8 Å². The first kappa shape index (κ1) is 10.1. The standard InChI is InChI=1S/C6H7F3O2/c1-3(10)5(4(2)11)6(7,8)9/h5H,1-2H3. The summed E-state index contributed by atoms with van der Waals surface area (Å²) in [5.41, 5.74) is 0. The minimum Gasteiger partial charge on any atom is -0.299 e. The van der Waals surface area contributed by atoms with Gasteiger partial charge in [0.25, 0.3) is 0 Å². The maximum absolute atomic E-state index is 11.8. The van der Waals surface area contributed by atoms with Gasteiger partial charge in [0.1, 0.15) is 11.6 Å². The van der Waals surface area contributed by atoms with Crippen molar-refractivity contribution in [3.63, 3.8) is 0 Å². The molecule has 0 heterocycles. The van der Waals surface area contributed by atoms with Crippen molar-refractivity contribution in [1.82, 2.24) is 0 Å². The van der Waals surface area contributed by atoms with Crippen molar-refractivity contribution in [1.29, 1.82) is 0 Å². The molecule has 0 atom stereocenters. The summed E-state index contributed by atoms with van der Waals surface area (Å²) in [6.45, 7) is 1.50. The Hall–Kier alpha value is -0.870. The second-order valence-electron chi connectivity index (χ2n) is 2.20. The molecular weight excluding hydrogens is 161 g/mol.